The van der Waals surface area contributed by atoms with Gasteiger partial charge in [0.05, 0.1) is 12.2 Å². The van der Waals surface area contributed by atoms with Crippen molar-refractivity contribution in [3.8, 4) is 0 Å². The van der Waals surface area contributed by atoms with E-state index in [9.17, 15) is 4.79 Å². The molecule has 6 heteroatoms. The Balaban J connectivity index is 1.87. The van der Waals surface area contributed by atoms with Crippen LogP contribution >= 0.6 is 0 Å². The molecule has 2 aromatic rings. The van der Waals surface area contributed by atoms with Crippen LogP contribution in [0.15, 0.2) is 24.5 Å². The van der Waals surface area contributed by atoms with E-state index in [2.05, 4.69) is 15.5 Å². The molecule has 0 saturated heterocycles. The molecule has 0 saturated carbocycles. The first kappa shape index (κ1) is 12.3. The fraction of sp³-hybridized carbons (Fsp3) is 0.417. The van der Waals surface area contributed by atoms with Gasteiger partial charge in [0.15, 0.2) is 0 Å². The number of aryl methyl sites for hydroxylation is 2. The van der Waals surface area contributed by atoms with E-state index in [0.717, 1.165) is 17.9 Å². The summed E-state index contributed by atoms with van der Waals surface area (Å²) in [6, 6.07) is 3.78. The topological polar surface area (TPSA) is 64.7 Å². The maximum atomic E-state index is 11.8. The maximum Gasteiger partial charge on any atom is 0.242 e. The zero-order valence-corrected chi connectivity index (χ0v) is 10.6. The molecule has 1 amide bonds. The van der Waals surface area contributed by atoms with Crippen molar-refractivity contribution < 1.29 is 4.79 Å². The Labute approximate surface area is 106 Å². The summed E-state index contributed by atoms with van der Waals surface area (Å²) in [5.74, 6) is -0.0503. The van der Waals surface area contributed by atoms with Gasteiger partial charge in [-0.1, -0.05) is 0 Å². The van der Waals surface area contributed by atoms with Crippen molar-refractivity contribution in [3.05, 3.63) is 35.9 Å². The van der Waals surface area contributed by atoms with Crippen LogP contribution in [0, 0.1) is 6.92 Å². The molecule has 0 unspecified atom stereocenters. The Kier molecular flexibility index (Phi) is 3.76. The Morgan fingerprint density at radius 1 is 1.28 bits per heavy atom. The van der Waals surface area contributed by atoms with E-state index in [4.69, 9.17) is 0 Å². The molecule has 0 aliphatic carbocycles. The lowest BCUT2D eigenvalue weighted by Gasteiger charge is -2.08. The van der Waals surface area contributed by atoms with Crippen molar-refractivity contribution >= 4 is 5.91 Å². The fourth-order valence-electron chi connectivity index (χ4n) is 1.74. The molecule has 0 aromatic carbocycles. The van der Waals surface area contributed by atoms with Crippen molar-refractivity contribution in [2.24, 2.45) is 0 Å². The molecule has 18 heavy (non-hydrogen) atoms. The summed E-state index contributed by atoms with van der Waals surface area (Å²) in [6.07, 6.45) is 3.43. The van der Waals surface area contributed by atoms with E-state index in [1.807, 2.05) is 30.7 Å². The van der Waals surface area contributed by atoms with Crippen LogP contribution in [0.2, 0.25) is 0 Å². The fourth-order valence-corrected chi connectivity index (χ4v) is 1.74. The standard InChI is InChI=1S/C12H17N5O/c1-3-16-11(5-7-14-16)8-13-12(18)9-17-10(2)4-6-15-17/h4-7H,3,8-9H2,1-2H3,(H,13,18). The molecule has 0 aliphatic rings. The predicted molar refractivity (Wildman–Crippen MR) is 66.7 cm³/mol. The molecule has 6 nitrogen and oxygen atoms in total. The van der Waals surface area contributed by atoms with Crippen LogP contribution < -0.4 is 5.32 Å². The molecule has 0 fully saturated rings. The molecule has 0 bridgehead atoms. The Bertz CT molecular complexity index is 528. The van der Waals surface area contributed by atoms with Crippen molar-refractivity contribution in [3.63, 3.8) is 0 Å². The number of carbonyl (C=O) groups excluding carboxylic acids is 1. The van der Waals surface area contributed by atoms with Gasteiger partial charge in [-0.3, -0.25) is 14.2 Å². The second kappa shape index (κ2) is 5.48. The maximum absolute atomic E-state index is 11.8. The van der Waals surface area contributed by atoms with Gasteiger partial charge in [-0.15, -0.1) is 0 Å². The molecular weight excluding hydrogens is 230 g/mol. The number of hydrogen-bond acceptors (Lipinski definition) is 3. The second-order valence-electron chi connectivity index (χ2n) is 4.05. The van der Waals surface area contributed by atoms with Gasteiger partial charge in [-0.05, 0) is 26.0 Å². The third-order valence-corrected chi connectivity index (χ3v) is 2.79. The highest BCUT2D eigenvalue weighted by Crippen LogP contribution is 1.99. The van der Waals surface area contributed by atoms with E-state index in [1.165, 1.54) is 0 Å². The molecule has 1 N–H and O–H groups in total. The zero-order chi connectivity index (χ0) is 13.0. The van der Waals surface area contributed by atoms with Crippen LogP contribution in [0.5, 0.6) is 0 Å². The zero-order valence-electron chi connectivity index (χ0n) is 10.6. The van der Waals surface area contributed by atoms with Crippen molar-refractivity contribution in [2.45, 2.75) is 33.5 Å². The third-order valence-electron chi connectivity index (χ3n) is 2.79. The van der Waals surface area contributed by atoms with E-state index in [0.29, 0.717) is 6.54 Å². The van der Waals surface area contributed by atoms with E-state index < -0.39 is 0 Å². The number of aromatic nitrogens is 4. The summed E-state index contributed by atoms with van der Waals surface area (Å²) in [7, 11) is 0. The van der Waals surface area contributed by atoms with Crippen LogP contribution in [0.3, 0.4) is 0 Å². The molecule has 0 atom stereocenters. The summed E-state index contributed by atoms with van der Waals surface area (Å²) >= 11 is 0. The average Bonchev–Trinajstić information content (AvgIpc) is 2.96. The first-order valence-electron chi connectivity index (χ1n) is 5.96. The van der Waals surface area contributed by atoms with Crippen LogP contribution in [0.25, 0.3) is 0 Å². The SMILES string of the molecule is CCn1nccc1CNC(=O)Cn1nccc1C. The number of hydrogen-bond donors (Lipinski definition) is 1. The highest BCUT2D eigenvalue weighted by molar-refractivity contribution is 5.75. The van der Waals surface area contributed by atoms with Gasteiger partial charge in [-0.25, -0.2) is 0 Å². The van der Waals surface area contributed by atoms with Crippen molar-refractivity contribution in [1.82, 2.24) is 24.9 Å². The van der Waals surface area contributed by atoms with Gasteiger partial charge < -0.3 is 5.32 Å². The van der Waals surface area contributed by atoms with Gasteiger partial charge in [0, 0.05) is 24.6 Å². The first-order valence-corrected chi connectivity index (χ1v) is 5.96. The van der Waals surface area contributed by atoms with Gasteiger partial charge in [0.25, 0.3) is 0 Å². The summed E-state index contributed by atoms with van der Waals surface area (Å²) in [6.45, 7) is 5.49. The van der Waals surface area contributed by atoms with Gasteiger partial charge >= 0.3 is 0 Å². The Morgan fingerprint density at radius 3 is 2.67 bits per heavy atom. The van der Waals surface area contributed by atoms with Gasteiger partial charge in [-0.2, -0.15) is 10.2 Å². The van der Waals surface area contributed by atoms with Gasteiger partial charge in [0.1, 0.15) is 6.54 Å². The summed E-state index contributed by atoms with van der Waals surface area (Å²) in [5.41, 5.74) is 1.98. The monoisotopic (exact) mass is 247 g/mol. The summed E-state index contributed by atoms with van der Waals surface area (Å²) in [4.78, 5) is 11.8. The minimum atomic E-state index is -0.0503. The molecule has 0 aliphatic heterocycles. The summed E-state index contributed by atoms with van der Waals surface area (Å²) in [5, 5.41) is 11.1. The van der Waals surface area contributed by atoms with E-state index >= 15 is 0 Å². The predicted octanol–water partition coefficient (Wildman–Crippen LogP) is 0.724. The molecule has 0 radical (unpaired) electrons. The quantitative estimate of drug-likeness (QED) is 0.847. The van der Waals surface area contributed by atoms with Gasteiger partial charge in [0.2, 0.25) is 5.91 Å². The van der Waals surface area contributed by atoms with Crippen molar-refractivity contribution in [2.75, 3.05) is 0 Å². The number of nitrogens with one attached hydrogen (secondary N) is 1. The van der Waals surface area contributed by atoms with E-state index in [1.54, 1.807) is 17.1 Å². The number of nitrogens with zero attached hydrogens (tertiary/aromatic N) is 4. The smallest absolute Gasteiger partial charge is 0.242 e. The van der Waals surface area contributed by atoms with Crippen LogP contribution in [-0.2, 0) is 24.4 Å². The molecule has 2 aromatic heterocycles. The largest absolute Gasteiger partial charge is 0.349 e. The number of carbonyl (C=O) groups is 1. The lowest BCUT2D eigenvalue weighted by Crippen LogP contribution is -2.28. The lowest BCUT2D eigenvalue weighted by atomic mass is 10.4. The highest BCUT2D eigenvalue weighted by Gasteiger charge is 2.06. The average molecular weight is 247 g/mol. The molecule has 2 rings (SSSR count). The van der Waals surface area contributed by atoms with Crippen LogP contribution in [0.1, 0.15) is 18.3 Å². The normalized spacial score (nSPS) is 10.6. The van der Waals surface area contributed by atoms with E-state index in [-0.39, 0.29) is 12.5 Å². The molecule has 0 spiro atoms. The van der Waals surface area contributed by atoms with Crippen molar-refractivity contribution in [1.29, 1.82) is 0 Å². The molecule has 2 heterocycles. The minimum Gasteiger partial charge on any atom is -0.349 e. The second-order valence-corrected chi connectivity index (χ2v) is 4.05. The first-order chi connectivity index (χ1) is 8.70. The Morgan fingerprint density at radius 2 is 2.00 bits per heavy atom. The lowest BCUT2D eigenvalue weighted by molar-refractivity contribution is -0.122. The third kappa shape index (κ3) is 2.77. The minimum absolute atomic E-state index is 0.0503. The number of rotatable bonds is 5. The summed E-state index contributed by atoms with van der Waals surface area (Å²) < 4.78 is 3.53. The van der Waals surface area contributed by atoms with Crippen LogP contribution in [-0.4, -0.2) is 25.5 Å². The molecular formula is C12H17N5O. The Hall–Kier alpha value is -2.11. The molecule has 96 valence electrons. The van der Waals surface area contributed by atoms with Crippen LogP contribution in [0.4, 0.5) is 0 Å². The number of amides is 1. The highest BCUT2D eigenvalue weighted by atomic mass is 16.2.